The molecule has 1 aliphatic carbocycles. The number of carbonyl (C=O) groups excluding carboxylic acids is 2. The molecule has 1 fully saturated rings. The van der Waals surface area contributed by atoms with E-state index >= 15 is 0 Å². The Balaban J connectivity index is 1.57. The Hall–Kier alpha value is -4.01. The third-order valence-electron chi connectivity index (χ3n) is 6.46. The number of halogens is 3. The van der Waals surface area contributed by atoms with Gasteiger partial charge in [0.2, 0.25) is 0 Å². The van der Waals surface area contributed by atoms with Crippen LogP contribution in [0.3, 0.4) is 0 Å². The highest BCUT2D eigenvalue weighted by Crippen LogP contribution is 2.34. The Morgan fingerprint density at radius 2 is 1.81 bits per heavy atom. The Morgan fingerprint density at radius 1 is 1.11 bits per heavy atom. The molecule has 1 saturated carbocycles. The van der Waals surface area contributed by atoms with Gasteiger partial charge in [0.05, 0.1) is 23.8 Å². The number of fused-ring (bicyclic) bond motifs is 1. The number of anilines is 1. The number of esters is 1. The van der Waals surface area contributed by atoms with Crippen molar-refractivity contribution in [1.82, 2.24) is 4.98 Å². The number of benzene rings is 2. The van der Waals surface area contributed by atoms with Crippen LogP contribution in [0.1, 0.15) is 52.1 Å². The fraction of sp³-hybridized carbons (Fsp3) is 0.286. The molecule has 4 rings (SSSR count). The van der Waals surface area contributed by atoms with Crippen molar-refractivity contribution in [2.45, 2.75) is 43.9 Å². The van der Waals surface area contributed by atoms with E-state index in [1.165, 1.54) is 25.3 Å². The van der Waals surface area contributed by atoms with E-state index in [4.69, 9.17) is 4.74 Å². The first-order valence-electron chi connectivity index (χ1n) is 11.9. The molecule has 0 aliphatic heterocycles. The summed E-state index contributed by atoms with van der Waals surface area (Å²) in [6.07, 6.45) is 1.39. The van der Waals surface area contributed by atoms with Gasteiger partial charge in [0.25, 0.3) is 0 Å². The SMILES string of the molecule is C=CC=[N+](C(=O)c1ccc(C(=O)OC)cc1)[C@@H]1CCC[C@H](Nc2cc(C(F)(F)F)nc3ccccc23)C1. The summed E-state index contributed by atoms with van der Waals surface area (Å²) in [4.78, 5) is 28.9. The summed E-state index contributed by atoms with van der Waals surface area (Å²) < 4.78 is 46.8. The largest absolute Gasteiger partial charge is 0.465 e. The second kappa shape index (κ2) is 10.9. The second-order valence-corrected chi connectivity index (χ2v) is 8.90. The summed E-state index contributed by atoms with van der Waals surface area (Å²) in [5, 5.41) is 3.90. The molecule has 1 heterocycles. The Bertz CT molecular complexity index is 1350. The van der Waals surface area contributed by atoms with Gasteiger partial charge in [-0.3, -0.25) is 0 Å². The zero-order chi connectivity index (χ0) is 26.6. The maximum atomic E-state index is 13.5. The third kappa shape index (κ3) is 5.87. The normalized spacial score (nSPS) is 18.3. The molecule has 6 nitrogen and oxygen atoms in total. The summed E-state index contributed by atoms with van der Waals surface area (Å²) in [5.41, 5.74) is 0.416. The van der Waals surface area contributed by atoms with Crippen molar-refractivity contribution in [3.63, 3.8) is 0 Å². The van der Waals surface area contributed by atoms with E-state index in [1.54, 1.807) is 47.2 Å². The van der Waals surface area contributed by atoms with Crippen molar-refractivity contribution < 1.29 is 32.1 Å². The number of methoxy groups -OCH3 is 1. The molecule has 0 bridgehead atoms. The van der Waals surface area contributed by atoms with Gasteiger partial charge in [-0.2, -0.15) is 17.7 Å². The molecule has 3 aromatic rings. The smallest absolute Gasteiger partial charge is 0.433 e. The molecular weight excluding hydrogens is 483 g/mol. The number of hydrogen-bond donors (Lipinski definition) is 1. The number of nitrogens with zero attached hydrogens (tertiary/aromatic N) is 2. The number of ether oxygens (including phenoxy) is 1. The van der Waals surface area contributed by atoms with E-state index in [1.807, 2.05) is 0 Å². The quantitative estimate of drug-likeness (QED) is 0.255. The Kier molecular flexibility index (Phi) is 7.71. The monoisotopic (exact) mass is 510 g/mol. The Labute approximate surface area is 212 Å². The lowest BCUT2D eigenvalue weighted by Gasteiger charge is -2.28. The summed E-state index contributed by atoms with van der Waals surface area (Å²) in [5.74, 6) is -0.747. The molecule has 0 spiro atoms. The number of pyridine rings is 1. The summed E-state index contributed by atoms with van der Waals surface area (Å²) >= 11 is 0. The van der Waals surface area contributed by atoms with Crippen molar-refractivity contribution in [3.05, 3.63) is 84.1 Å². The van der Waals surface area contributed by atoms with Gasteiger partial charge in [-0.05, 0) is 55.3 Å². The van der Waals surface area contributed by atoms with E-state index in [-0.39, 0.29) is 23.5 Å². The predicted molar refractivity (Wildman–Crippen MR) is 135 cm³/mol. The van der Waals surface area contributed by atoms with Gasteiger partial charge in [-0.15, -0.1) is 0 Å². The number of alkyl halides is 3. The summed E-state index contributed by atoms with van der Waals surface area (Å²) in [7, 11) is 1.29. The van der Waals surface area contributed by atoms with Crippen LogP contribution in [0.4, 0.5) is 18.9 Å². The highest BCUT2D eigenvalue weighted by Gasteiger charge is 2.36. The summed E-state index contributed by atoms with van der Waals surface area (Å²) in [6, 6.07) is 13.6. The lowest BCUT2D eigenvalue weighted by Crippen LogP contribution is -2.40. The average Bonchev–Trinajstić information content (AvgIpc) is 2.90. The van der Waals surface area contributed by atoms with Crippen molar-refractivity contribution in [2.24, 2.45) is 0 Å². The predicted octanol–water partition coefficient (Wildman–Crippen LogP) is 5.87. The molecular formula is C28H27F3N3O3+. The van der Waals surface area contributed by atoms with Crippen LogP contribution in [-0.4, -0.2) is 46.8 Å². The van der Waals surface area contributed by atoms with E-state index in [9.17, 15) is 22.8 Å². The van der Waals surface area contributed by atoms with Crippen molar-refractivity contribution in [1.29, 1.82) is 0 Å². The van der Waals surface area contributed by atoms with Gasteiger partial charge in [-0.1, -0.05) is 24.8 Å². The number of carbonyl (C=O) groups is 2. The maximum absolute atomic E-state index is 13.5. The third-order valence-corrected chi connectivity index (χ3v) is 6.46. The lowest BCUT2D eigenvalue weighted by molar-refractivity contribution is -0.472. The van der Waals surface area contributed by atoms with Crippen LogP contribution < -0.4 is 5.32 Å². The van der Waals surface area contributed by atoms with Crippen molar-refractivity contribution >= 4 is 34.7 Å². The molecule has 37 heavy (non-hydrogen) atoms. The zero-order valence-electron chi connectivity index (χ0n) is 20.3. The van der Waals surface area contributed by atoms with E-state index < -0.39 is 17.8 Å². The fourth-order valence-corrected chi connectivity index (χ4v) is 4.69. The molecule has 0 unspecified atom stereocenters. The maximum Gasteiger partial charge on any atom is 0.433 e. The van der Waals surface area contributed by atoms with E-state index in [2.05, 4.69) is 16.9 Å². The number of para-hydroxylation sites is 1. The fourth-order valence-electron chi connectivity index (χ4n) is 4.69. The van der Waals surface area contributed by atoms with Gasteiger partial charge in [-0.25, -0.2) is 14.6 Å². The van der Waals surface area contributed by atoms with Crippen LogP contribution in [-0.2, 0) is 10.9 Å². The highest BCUT2D eigenvalue weighted by atomic mass is 19.4. The summed E-state index contributed by atoms with van der Waals surface area (Å²) in [6.45, 7) is 3.73. The molecule has 0 saturated heterocycles. The zero-order valence-corrected chi connectivity index (χ0v) is 20.3. The first-order chi connectivity index (χ1) is 17.7. The minimum atomic E-state index is -4.57. The number of allylic oxidation sites excluding steroid dienone is 1. The van der Waals surface area contributed by atoms with Crippen molar-refractivity contribution in [3.8, 4) is 0 Å². The first kappa shape index (κ1) is 26.1. The van der Waals surface area contributed by atoms with Crippen molar-refractivity contribution in [2.75, 3.05) is 12.4 Å². The molecule has 2 atom stereocenters. The number of nitrogens with one attached hydrogen (secondary N) is 1. The van der Waals surface area contributed by atoms with Crippen LogP contribution in [0.5, 0.6) is 0 Å². The minimum absolute atomic E-state index is 0.152. The van der Waals surface area contributed by atoms with Crippen LogP contribution in [0.25, 0.3) is 10.9 Å². The van der Waals surface area contributed by atoms with Crippen LogP contribution in [0.2, 0.25) is 0 Å². The number of amides is 1. The molecule has 1 aliphatic rings. The highest BCUT2D eigenvalue weighted by molar-refractivity contribution is 5.94. The molecule has 2 aromatic carbocycles. The molecule has 0 radical (unpaired) electrons. The molecule has 1 amide bonds. The number of rotatable bonds is 6. The van der Waals surface area contributed by atoms with E-state index in [0.717, 1.165) is 25.3 Å². The number of aromatic nitrogens is 1. The molecule has 192 valence electrons. The van der Waals surface area contributed by atoms with Gasteiger partial charge in [0.15, 0.2) is 12.3 Å². The molecule has 9 heteroatoms. The minimum Gasteiger partial charge on any atom is -0.465 e. The van der Waals surface area contributed by atoms with Crippen LogP contribution >= 0.6 is 0 Å². The van der Waals surface area contributed by atoms with E-state index in [0.29, 0.717) is 28.6 Å². The Morgan fingerprint density at radius 3 is 2.49 bits per heavy atom. The van der Waals surface area contributed by atoms with Gasteiger partial charge in [0, 0.05) is 30.0 Å². The molecule has 1 N–H and O–H groups in total. The standard InChI is InChI=1S/C28H27F3N3O3/c1-3-15-34(26(35)18-11-13-19(14-12-18)27(36)37-2)21-8-6-7-20(16-21)32-24-17-25(28(29,30)31)33-23-10-5-4-9-22(23)24/h3-5,9-15,17,20-21H,1,6-8,16H2,2H3,(H,32,33)/q+1/t20-,21+/m0/s1. The van der Waals surface area contributed by atoms with Gasteiger partial charge in [0.1, 0.15) is 5.69 Å². The van der Waals surface area contributed by atoms with Gasteiger partial charge < -0.3 is 10.1 Å². The second-order valence-electron chi connectivity index (χ2n) is 8.90. The molecule has 1 aromatic heterocycles. The van der Waals surface area contributed by atoms with Crippen LogP contribution in [0.15, 0.2) is 67.3 Å². The first-order valence-corrected chi connectivity index (χ1v) is 11.9. The average molecular weight is 511 g/mol. The van der Waals surface area contributed by atoms with Gasteiger partial charge >= 0.3 is 18.1 Å². The number of hydrogen-bond acceptors (Lipinski definition) is 5. The lowest BCUT2D eigenvalue weighted by atomic mass is 9.89. The van der Waals surface area contributed by atoms with Crippen LogP contribution in [0, 0.1) is 0 Å². The topological polar surface area (TPSA) is 71.3 Å².